The highest BCUT2D eigenvalue weighted by atomic mass is 16.2. The van der Waals surface area contributed by atoms with E-state index in [1.165, 1.54) is 25.9 Å². The van der Waals surface area contributed by atoms with Gasteiger partial charge in [0.2, 0.25) is 5.91 Å². The maximum atomic E-state index is 12.3. The van der Waals surface area contributed by atoms with E-state index >= 15 is 0 Å². The summed E-state index contributed by atoms with van der Waals surface area (Å²) >= 11 is 0. The summed E-state index contributed by atoms with van der Waals surface area (Å²) in [5.41, 5.74) is 5.33. The highest BCUT2D eigenvalue weighted by molar-refractivity contribution is 5.82. The molecule has 3 rings (SSSR count). The summed E-state index contributed by atoms with van der Waals surface area (Å²) in [7, 11) is 0. The van der Waals surface area contributed by atoms with Gasteiger partial charge >= 0.3 is 0 Å². The first kappa shape index (κ1) is 12.8. The molecule has 3 fully saturated rings. The second-order valence-electron chi connectivity index (χ2n) is 5.84. The maximum absolute atomic E-state index is 12.3. The number of piperidine rings is 3. The Labute approximate surface area is 104 Å². The van der Waals surface area contributed by atoms with Crippen LogP contribution in [0, 0.1) is 11.3 Å². The second kappa shape index (κ2) is 4.94. The molecule has 3 aliphatic rings. The number of carbonyl (C=O) groups excluding carboxylic acids is 1. The molecule has 4 heteroatoms. The molecule has 1 amide bonds. The highest BCUT2D eigenvalue weighted by Crippen LogP contribution is 2.28. The van der Waals surface area contributed by atoms with Gasteiger partial charge in [0.1, 0.15) is 0 Å². The van der Waals surface area contributed by atoms with Crippen LogP contribution in [0.15, 0.2) is 0 Å². The number of amides is 1. The Morgan fingerprint density at radius 3 is 2.53 bits per heavy atom. The molecule has 0 aromatic heterocycles. The van der Waals surface area contributed by atoms with E-state index in [0.717, 1.165) is 13.0 Å². The molecule has 17 heavy (non-hydrogen) atoms. The van der Waals surface area contributed by atoms with Crippen LogP contribution >= 0.6 is 0 Å². The predicted molar refractivity (Wildman–Crippen MR) is 68.5 cm³/mol. The third-order valence-corrected chi connectivity index (χ3v) is 4.75. The number of fused-ring (bicyclic) bond motifs is 3. The van der Waals surface area contributed by atoms with Gasteiger partial charge in [0.15, 0.2) is 0 Å². The van der Waals surface area contributed by atoms with Crippen molar-refractivity contribution in [3.8, 4) is 0 Å². The number of rotatable bonds is 4. The zero-order chi connectivity index (χ0) is 12.5. The van der Waals surface area contributed by atoms with E-state index in [1.807, 2.05) is 13.8 Å². The first-order valence-corrected chi connectivity index (χ1v) is 6.82. The molecular weight excluding hydrogens is 214 g/mol. The Hall–Kier alpha value is -0.610. The summed E-state index contributed by atoms with van der Waals surface area (Å²) in [6.07, 6.45) is 3.27. The first-order chi connectivity index (χ1) is 8.09. The maximum Gasteiger partial charge on any atom is 0.227 e. The monoisotopic (exact) mass is 239 g/mol. The molecule has 2 unspecified atom stereocenters. The molecule has 2 atom stereocenters. The molecule has 0 aromatic carbocycles. The molecule has 2 bridgehead atoms. The summed E-state index contributed by atoms with van der Waals surface area (Å²) in [6.45, 7) is 7.86. The van der Waals surface area contributed by atoms with Crippen molar-refractivity contribution in [2.45, 2.75) is 39.2 Å². The van der Waals surface area contributed by atoms with Crippen LogP contribution in [-0.4, -0.2) is 43.0 Å². The Morgan fingerprint density at radius 1 is 1.47 bits per heavy atom. The Balaban J connectivity index is 1.95. The van der Waals surface area contributed by atoms with Crippen LogP contribution in [0.1, 0.15) is 33.1 Å². The van der Waals surface area contributed by atoms with Crippen LogP contribution in [0.25, 0.3) is 0 Å². The Morgan fingerprint density at radius 2 is 2.12 bits per heavy atom. The lowest BCUT2D eigenvalue weighted by atomic mass is 9.82. The minimum absolute atomic E-state index is 0.140. The zero-order valence-electron chi connectivity index (χ0n) is 11.0. The minimum atomic E-state index is -0.397. The SMILES string of the molecule is CCC(C)(CN)C(=O)NC1CN2CCC1CC2. The van der Waals surface area contributed by atoms with E-state index < -0.39 is 5.41 Å². The minimum Gasteiger partial charge on any atom is -0.351 e. The van der Waals surface area contributed by atoms with E-state index in [4.69, 9.17) is 5.73 Å². The number of hydrogen-bond acceptors (Lipinski definition) is 3. The van der Waals surface area contributed by atoms with E-state index in [-0.39, 0.29) is 5.91 Å². The standard InChI is InChI=1S/C13H25N3O/c1-3-13(2,9-14)12(17)15-11-8-16-6-4-10(11)5-7-16/h10-11H,3-9,14H2,1-2H3,(H,15,17). The average Bonchev–Trinajstić information content (AvgIpc) is 2.39. The molecule has 0 aromatic rings. The van der Waals surface area contributed by atoms with Crippen LogP contribution in [0.5, 0.6) is 0 Å². The van der Waals surface area contributed by atoms with Crippen molar-refractivity contribution in [1.82, 2.24) is 10.2 Å². The van der Waals surface area contributed by atoms with Gasteiger partial charge in [-0.2, -0.15) is 0 Å². The average molecular weight is 239 g/mol. The van der Waals surface area contributed by atoms with Crippen LogP contribution in [0.3, 0.4) is 0 Å². The van der Waals surface area contributed by atoms with Crippen LogP contribution in [0.2, 0.25) is 0 Å². The lowest BCUT2D eigenvalue weighted by Crippen LogP contribution is -2.59. The quantitative estimate of drug-likeness (QED) is 0.754. The van der Waals surface area contributed by atoms with E-state index in [1.54, 1.807) is 0 Å². The van der Waals surface area contributed by atoms with Crippen molar-refractivity contribution in [2.75, 3.05) is 26.2 Å². The smallest absolute Gasteiger partial charge is 0.227 e. The molecule has 98 valence electrons. The molecule has 0 saturated carbocycles. The number of nitrogens with two attached hydrogens (primary N) is 1. The van der Waals surface area contributed by atoms with Crippen molar-refractivity contribution in [3.05, 3.63) is 0 Å². The van der Waals surface area contributed by atoms with E-state index in [0.29, 0.717) is 18.5 Å². The van der Waals surface area contributed by atoms with Gasteiger partial charge in [0.25, 0.3) is 0 Å². The van der Waals surface area contributed by atoms with Gasteiger partial charge < -0.3 is 16.0 Å². The molecule has 3 heterocycles. The van der Waals surface area contributed by atoms with E-state index in [2.05, 4.69) is 10.2 Å². The van der Waals surface area contributed by atoms with E-state index in [9.17, 15) is 4.79 Å². The van der Waals surface area contributed by atoms with Gasteiger partial charge in [-0.05, 0) is 45.2 Å². The Bertz CT molecular complexity index is 280. The fraction of sp³-hybridized carbons (Fsp3) is 0.923. The van der Waals surface area contributed by atoms with Gasteiger partial charge in [-0.1, -0.05) is 6.92 Å². The number of hydrogen-bond donors (Lipinski definition) is 2. The van der Waals surface area contributed by atoms with Gasteiger partial charge in [-0.15, -0.1) is 0 Å². The topological polar surface area (TPSA) is 58.4 Å². The van der Waals surface area contributed by atoms with Crippen LogP contribution in [-0.2, 0) is 4.79 Å². The lowest BCUT2D eigenvalue weighted by molar-refractivity contribution is -0.132. The molecule has 3 saturated heterocycles. The number of nitrogens with zero attached hydrogens (tertiary/aromatic N) is 1. The normalized spacial score (nSPS) is 35.4. The van der Waals surface area contributed by atoms with Crippen molar-refractivity contribution < 1.29 is 4.79 Å². The first-order valence-electron chi connectivity index (χ1n) is 6.82. The van der Waals surface area contributed by atoms with Crippen molar-refractivity contribution >= 4 is 5.91 Å². The summed E-state index contributed by atoms with van der Waals surface area (Å²) in [5.74, 6) is 0.823. The molecule has 3 aliphatic heterocycles. The molecule has 4 nitrogen and oxygen atoms in total. The highest BCUT2D eigenvalue weighted by Gasteiger charge is 2.38. The fourth-order valence-electron chi connectivity index (χ4n) is 2.87. The number of nitrogens with one attached hydrogen (secondary N) is 1. The third kappa shape index (κ3) is 2.47. The third-order valence-electron chi connectivity index (χ3n) is 4.75. The lowest BCUT2D eigenvalue weighted by Gasteiger charge is -2.45. The van der Waals surface area contributed by atoms with Crippen molar-refractivity contribution in [2.24, 2.45) is 17.1 Å². The molecular formula is C13H25N3O. The van der Waals surface area contributed by atoms with Crippen LogP contribution < -0.4 is 11.1 Å². The summed E-state index contributed by atoms with van der Waals surface area (Å²) < 4.78 is 0. The molecule has 0 radical (unpaired) electrons. The Kier molecular flexibility index (Phi) is 3.73. The number of carbonyl (C=O) groups is 1. The summed E-state index contributed by atoms with van der Waals surface area (Å²) in [4.78, 5) is 14.7. The van der Waals surface area contributed by atoms with Gasteiger partial charge in [0.05, 0.1) is 5.41 Å². The molecule has 0 aliphatic carbocycles. The predicted octanol–water partition coefficient (Wildman–Crippen LogP) is 0.572. The largest absolute Gasteiger partial charge is 0.351 e. The van der Waals surface area contributed by atoms with Gasteiger partial charge in [-0.25, -0.2) is 0 Å². The zero-order valence-corrected chi connectivity index (χ0v) is 11.0. The summed E-state index contributed by atoms with van der Waals surface area (Å²) in [5, 5.41) is 3.23. The van der Waals surface area contributed by atoms with Gasteiger partial charge in [-0.3, -0.25) is 4.79 Å². The van der Waals surface area contributed by atoms with Gasteiger partial charge in [0, 0.05) is 19.1 Å². The summed E-state index contributed by atoms with van der Waals surface area (Å²) in [6, 6.07) is 0.349. The van der Waals surface area contributed by atoms with Crippen LogP contribution in [0.4, 0.5) is 0 Å². The molecule has 3 N–H and O–H groups in total. The second-order valence-corrected chi connectivity index (χ2v) is 5.84. The molecule has 0 spiro atoms. The fourth-order valence-corrected chi connectivity index (χ4v) is 2.87. The van der Waals surface area contributed by atoms with Crippen molar-refractivity contribution in [3.63, 3.8) is 0 Å². The van der Waals surface area contributed by atoms with Crippen molar-refractivity contribution in [1.29, 1.82) is 0 Å².